The SMILES string of the molecule is c1ccc(-c2ccc(-c3nc(-c4ccc5oc6cccc(-c7ccccc7)c6c5c4)nc(-n4c5ccccc5c5ccc6c(c7ccccc7n6-c6cccc(-c7ccccc7)c6)c54)n3)cc2)cc1. The Bertz CT molecular complexity index is 4280. The van der Waals surface area contributed by atoms with E-state index in [1.54, 1.807) is 0 Å². The first kappa shape index (κ1) is 38.8. The average molecular weight is 882 g/mol. The predicted octanol–water partition coefficient (Wildman–Crippen LogP) is 16.3. The van der Waals surface area contributed by atoms with Gasteiger partial charge in [0.2, 0.25) is 5.95 Å². The molecule has 0 saturated carbocycles. The van der Waals surface area contributed by atoms with Crippen molar-refractivity contribution in [2.75, 3.05) is 0 Å². The van der Waals surface area contributed by atoms with Gasteiger partial charge in [-0.15, -0.1) is 0 Å². The van der Waals surface area contributed by atoms with E-state index in [4.69, 9.17) is 19.4 Å². The molecule has 14 rings (SSSR count). The summed E-state index contributed by atoms with van der Waals surface area (Å²) in [5.41, 5.74) is 15.6. The van der Waals surface area contributed by atoms with Crippen LogP contribution in [0.15, 0.2) is 241 Å². The number of aromatic nitrogens is 5. The van der Waals surface area contributed by atoms with E-state index in [0.29, 0.717) is 17.6 Å². The minimum absolute atomic E-state index is 0.533. The summed E-state index contributed by atoms with van der Waals surface area (Å²) in [4.78, 5) is 16.2. The minimum Gasteiger partial charge on any atom is -0.456 e. The molecule has 14 aromatic rings. The van der Waals surface area contributed by atoms with Crippen molar-refractivity contribution in [3.63, 3.8) is 0 Å². The van der Waals surface area contributed by atoms with Crippen molar-refractivity contribution in [2.24, 2.45) is 0 Å². The van der Waals surface area contributed by atoms with E-state index < -0.39 is 0 Å². The summed E-state index contributed by atoms with van der Waals surface area (Å²) in [6.45, 7) is 0. The number of hydrogen-bond donors (Lipinski definition) is 0. The second-order valence-corrected chi connectivity index (χ2v) is 17.6. The van der Waals surface area contributed by atoms with Crippen molar-refractivity contribution in [1.82, 2.24) is 24.1 Å². The monoisotopic (exact) mass is 881 g/mol. The van der Waals surface area contributed by atoms with Crippen LogP contribution in [0.1, 0.15) is 0 Å². The van der Waals surface area contributed by atoms with Gasteiger partial charge in [-0.1, -0.05) is 182 Å². The highest BCUT2D eigenvalue weighted by atomic mass is 16.3. The molecule has 0 aliphatic heterocycles. The maximum atomic E-state index is 6.50. The molecule has 0 atom stereocenters. The fraction of sp³-hybridized carbons (Fsp3) is 0. The van der Waals surface area contributed by atoms with Gasteiger partial charge >= 0.3 is 0 Å². The number of benzene rings is 10. The van der Waals surface area contributed by atoms with Crippen LogP contribution in [0.2, 0.25) is 0 Å². The molecule has 0 aliphatic rings. The summed E-state index contributed by atoms with van der Waals surface area (Å²) in [5.74, 6) is 1.68. The normalized spacial score (nSPS) is 11.8. The fourth-order valence-electron chi connectivity index (χ4n) is 10.4. The van der Waals surface area contributed by atoms with Gasteiger partial charge in [0, 0.05) is 49.1 Å². The van der Waals surface area contributed by atoms with Crippen molar-refractivity contribution in [3.8, 4) is 67.8 Å². The molecule has 0 N–H and O–H groups in total. The van der Waals surface area contributed by atoms with Crippen LogP contribution in [-0.2, 0) is 0 Å². The molecule has 0 bridgehead atoms. The van der Waals surface area contributed by atoms with E-state index in [0.717, 1.165) is 110 Å². The summed E-state index contributed by atoms with van der Waals surface area (Å²) < 4.78 is 11.2. The second-order valence-electron chi connectivity index (χ2n) is 17.6. The van der Waals surface area contributed by atoms with Gasteiger partial charge in [-0.2, -0.15) is 9.97 Å². The number of nitrogens with zero attached hydrogens (tertiary/aromatic N) is 5. The van der Waals surface area contributed by atoms with Gasteiger partial charge in [0.05, 0.1) is 22.1 Å². The van der Waals surface area contributed by atoms with Crippen LogP contribution in [0, 0.1) is 0 Å². The van der Waals surface area contributed by atoms with E-state index in [-0.39, 0.29) is 0 Å². The molecular formula is C63H39N5O. The molecule has 4 heterocycles. The third-order valence-electron chi connectivity index (χ3n) is 13.6. The number of rotatable bonds is 7. The zero-order chi connectivity index (χ0) is 45.4. The molecule has 69 heavy (non-hydrogen) atoms. The van der Waals surface area contributed by atoms with Crippen LogP contribution in [0.25, 0.3) is 133 Å². The summed E-state index contributed by atoms with van der Waals surface area (Å²) >= 11 is 0. The summed E-state index contributed by atoms with van der Waals surface area (Å²) in [6.07, 6.45) is 0. The predicted molar refractivity (Wildman–Crippen MR) is 283 cm³/mol. The van der Waals surface area contributed by atoms with E-state index in [9.17, 15) is 0 Å². The van der Waals surface area contributed by atoms with Crippen molar-refractivity contribution in [2.45, 2.75) is 0 Å². The van der Waals surface area contributed by atoms with Crippen molar-refractivity contribution >= 4 is 65.6 Å². The summed E-state index contributed by atoms with van der Waals surface area (Å²) in [6, 6.07) is 83.3. The molecule has 10 aromatic carbocycles. The van der Waals surface area contributed by atoms with Crippen LogP contribution in [0.5, 0.6) is 0 Å². The Morgan fingerprint density at radius 3 is 1.64 bits per heavy atom. The molecule has 6 nitrogen and oxygen atoms in total. The van der Waals surface area contributed by atoms with Crippen molar-refractivity contribution in [3.05, 3.63) is 237 Å². The number of para-hydroxylation sites is 2. The zero-order valence-electron chi connectivity index (χ0n) is 37.2. The number of furan rings is 1. The van der Waals surface area contributed by atoms with E-state index in [1.807, 2.05) is 24.3 Å². The smallest absolute Gasteiger partial charge is 0.238 e. The van der Waals surface area contributed by atoms with Crippen LogP contribution in [0.3, 0.4) is 0 Å². The highest BCUT2D eigenvalue weighted by Gasteiger charge is 2.24. The molecular weight excluding hydrogens is 843 g/mol. The highest BCUT2D eigenvalue weighted by molar-refractivity contribution is 6.26. The summed E-state index contributed by atoms with van der Waals surface area (Å²) in [7, 11) is 0. The molecule has 4 aromatic heterocycles. The van der Waals surface area contributed by atoms with E-state index in [1.165, 1.54) is 5.56 Å². The molecule has 0 aliphatic carbocycles. The second kappa shape index (κ2) is 15.6. The minimum atomic E-state index is 0.533. The van der Waals surface area contributed by atoms with Gasteiger partial charge in [-0.05, 0) is 88.0 Å². The van der Waals surface area contributed by atoms with Gasteiger partial charge in [0.25, 0.3) is 0 Å². The Balaban J connectivity index is 1.04. The van der Waals surface area contributed by atoms with Crippen LogP contribution < -0.4 is 0 Å². The van der Waals surface area contributed by atoms with Crippen molar-refractivity contribution < 1.29 is 4.42 Å². The Hall–Kier alpha value is -9.39. The Labute approximate surface area is 396 Å². The maximum absolute atomic E-state index is 6.50. The molecule has 0 saturated heterocycles. The van der Waals surface area contributed by atoms with Gasteiger partial charge in [-0.25, -0.2) is 4.98 Å². The Morgan fingerprint density at radius 2 is 0.884 bits per heavy atom. The standard InChI is InChI=1S/C63H39N5O/c1-4-16-40(17-5-1)42-30-32-44(33-31-42)61-64-62(46-34-37-56-52(39-46)58-48(26-15-29-57(58)69-56)43-20-8-3-9-21-43)66-63(65-61)68-53-27-12-10-24-49(53)50-35-36-55-59(60(50)68)51-25-11-13-28-54(51)67(55)47-23-14-22-45(38-47)41-18-6-2-7-19-41/h1-39H. The molecule has 322 valence electrons. The highest BCUT2D eigenvalue weighted by Crippen LogP contribution is 2.43. The van der Waals surface area contributed by atoms with Gasteiger partial charge in [-0.3, -0.25) is 4.57 Å². The van der Waals surface area contributed by atoms with E-state index in [2.05, 4.69) is 221 Å². The molecule has 0 amide bonds. The van der Waals surface area contributed by atoms with Gasteiger partial charge < -0.3 is 8.98 Å². The first-order chi connectivity index (χ1) is 34.2. The van der Waals surface area contributed by atoms with Crippen LogP contribution in [-0.4, -0.2) is 24.1 Å². The van der Waals surface area contributed by atoms with Crippen molar-refractivity contribution in [1.29, 1.82) is 0 Å². The number of hydrogen-bond acceptors (Lipinski definition) is 4. The zero-order valence-corrected chi connectivity index (χ0v) is 37.2. The van der Waals surface area contributed by atoms with Gasteiger partial charge in [0.15, 0.2) is 11.6 Å². The molecule has 0 unspecified atom stereocenters. The first-order valence-electron chi connectivity index (χ1n) is 23.3. The lowest BCUT2D eigenvalue weighted by Gasteiger charge is -2.12. The lowest BCUT2D eigenvalue weighted by Crippen LogP contribution is -2.06. The average Bonchev–Trinajstić information content (AvgIpc) is 4.09. The third kappa shape index (κ3) is 6.30. The summed E-state index contributed by atoms with van der Waals surface area (Å²) in [5, 5.41) is 6.56. The van der Waals surface area contributed by atoms with Crippen LogP contribution >= 0.6 is 0 Å². The maximum Gasteiger partial charge on any atom is 0.238 e. The lowest BCUT2D eigenvalue weighted by molar-refractivity contribution is 0.669. The first-order valence-corrected chi connectivity index (χ1v) is 23.3. The molecule has 0 fully saturated rings. The largest absolute Gasteiger partial charge is 0.456 e. The van der Waals surface area contributed by atoms with E-state index >= 15 is 0 Å². The molecule has 0 radical (unpaired) electrons. The Kier molecular flexibility index (Phi) is 8.79. The molecule has 6 heteroatoms. The lowest BCUT2D eigenvalue weighted by atomic mass is 9.99. The van der Waals surface area contributed by atoms with Crippen LogP contribution in [0.4, 0.5) is 0 Å². The third-order valence-corrected chi connectivity index (χ3v) is 13.6. The topological polar surface area (TPSA) is 61.7 Å². The van der Waals surface area contributed by atoms with Gasteiger partial charge in [0.1, 0.15) is 11.2 Å². The molecule has 0 spiro atoms. The quantitative estimate of drug-likeness (QED) is 0.160. The Morgan fingerprint density at radius 1 is 0.304 bits per heavy atom. The fourth-order valence-corrected chi connectivity index (χ4v) is 10.4. The number of fused-ring (bicyclic) bond motifs is 10.